The number of aromatic nitrogens is 1. The van der Waals surface area contributed by atoms with Crippen LogP contribution in [0.15, 0.2) is 83.8 Å². The molecule has 3 aromatic carbocycles. The number of nitrogens with one attached hydrogen (secondary N) is 1. The van der Waals surface area contributed by atoms with Crippen LogP contribution in [0.25, 0.3) is 10.9 Å². The van der Waals surface area contributed by atoms with Crippen molar-refractivity contribution in [3.8, 4) is 5.75 Å². The number of carbonyl (C=O) groups is 1. The molecule has 7 nitrogen and oxygen atoms in total. The molecule has 5 rings (SSSR count). The standard InChI is InChI=1S/C28H25ClN2O5S/c1-18-11-13-24(35-2)22(15-18)28(16-20(17-36-28)19-7-4-3-5-8-19)27(32)31-37(33,34)25-10-6-9-23-21(25)12-14-26(29)30-23/h3-15,20H,16-17H2,1-2H3,(H,31,32)/t20-,28+/m0/s1. The summed E-state index contributed by atoms with van der Waals surface area (Å²) in [6.45, 7) is 2.13. The van der Waals surface area contributed by atoms with Gasteiger partial charge in [-0.2, -0.15) is 0 Å². The van der Waals surface area contributed by atoms with Gasteiger partial charge in [0.2, 0.25) is 0 Å². The molecule has 1 fully saturated rings. The summed E-state index contributed by atoms with van der Waals surface area (Å²) in [6.07, 6.45) is 0.241. The van der Waals surface area contributed by atoms with Crippen molar-refractivity contribution < 1.29 is 22.7 Å². The van der Waals surface area contributed by atoms with Crippen LogP contribution < -0.4 is 9.46 Å². The highest BCUT2D eigenvalue weighted by atomic mass is 35.5. The summed E-state index contributed by atoms with van der Waals surface area (Å²) in [5.41, 5.74) is 1.18. The second-order valence-corrected chi connectivity index (χ2v) is 11.1. The molecule has 0 unspecified atom stereocenters. The molecule has 4 aromatic rings. The second-order valence-electron chi connectivity index (χ2n) is 9.04. The first-order chi connectivity index (χ1) is 17.7. The smallest absolute Gasteiger partial charge is 0.270 e. The van der Waals surface area contributed by atoms with Crippen molar-refractivity contribution in [1.82, 2.24) is 9.71 Å². The average Bonchev–Trinajstić information content (AvgIpc) is 3.35. The summed E-state index contributed by atoms with van der Waals surface area (Å²) < 4.78 is 41.3. The van der Waals surface area contributed by atoms with Crippen molar-refractivity contribution >= 4 is 38.4 Å². The van der Waals surface area contributed by atoms with Gasteiger partial charge in [-0.3, -0.25) is 4.79 Å². The van der Waals surface area contributed by atoms with Crippen LogP contribution >= 0.6 is 11.6 Å². The van der Waals surface area contributed by atoms with Gasteiger partial charge in [-0.25, -0.2) is 18.1 Å². The number of aryl methyl sites for hydroxylation is 1. The highest BCUT2D eigenvalue weighted by Crippen LogP contribution is 2.47. The predicted octanol–water partition coefficient (Wildman–Crippen LogP) is 5.11. The minimum absolute atomic E-state index is 0.0773. The topological polar surface area (TPSA) is 94.6 Å². The first-order valence-corrected chi connectivity index (χ1v) is 13.6. The first kappa shape index (κ1) is 25.2. The number of ether oxygens (including phenoxy) is 2. The van der Waals surface area contributed by atoms with Crippen molar-refractivity contribution in [3.63, 3.8) is 0 Å². The van der Waals surface area contributed by atoms with Gasteiger partial charge in [-0.15, -0.1) is 0 Å². The number of hydrogen-bond acceptors (Lipinski definition) is 6. The van der Waals surface area contributed by atoms with Crippen LogP contribution in [0.4, 0.5) is 0 Å². The molecule has 9 heteroatoms. The summed E-state index contributed by atoms with van der Waals surface area (Å²) >= 11 is 5.99. The Morgan fingerprint density at radius 3 is 2.62 bits per heavy atom. The minimum atomic E-state index is -4.30. The van der Waals surface area contributed by atoms with Gasteiger partial charge in [0.15, 0.2) is 5.60 Å². The fraction of sp³-hybridized carbons (Fsp3) is 0.214. The van der Waals surface area contributed by atoms with Gasteiger partial charge >= 0.3 is 0 Å². The third kappa shape index (κ3) is 4.68. The largest absolute Gasteiger partial charge is 0.496 e. The maximum atomic E-state index is 14.0. The lowest BCUT2D eigenvalue weighted by Crippen LogP contribution is -2.46. The molecule has 1 aliphatic rings. The lowest BCUT2D eigenvalue weighted by atomic mass is 9.83. The van der Waals surface area contributed by atoms with Gasteiger partial charge in [0, 0.05) is 16.9 Å². The number of methoxy groups -OCH3 is 1. The molecule has 0 radical (unpaired) electrons. The Morgan fingerprint density at radius 1 is 1.08 bits per heavy atom. The Balaban J connectivity index is 1.58. The van der Waals surface area contributed by atoms with Crippen molar-refractivity contribution in [3.05, 3.63) is 101 Å². The molecule has 190 valence electrons. The molecule has 37 heavy (non-hydrogen) atoms. The predicted molar refractivity (Wildman–Crippen MR) is 141 cm³/mol. The van der Waals surface area contributed by atoms with Gasteiger partial charge in [0.05, 0.1) is 24.1 Å². The highest BCUT2D eigenvalue weighted by Gasteiger charge is 2.51. The van der Waals surface area contributed by atoms with Crippen LogP contribution in [-0.2, 0) is 25.2 Å². The SMILES string of the molecule is COc1ccc(C)cc1[C@@]1(C(=O)NS(=O)(=O)c2cccc3nc(Cl)ccc23)C[C@H](c2ccccc2)CO1. The summed E-state index contributed by atoms with van der Waals surface area (Å²) in [5.74, 6) is -0.464. The Morgan fingerprint density at radius 2 is 1.86 bits per heavy atom. The molecule has 1 aliphatic heterocycles. The van der Waals surface area contributed by atoms with Crippen LogP contribution in [0, 0.1) is 6.92 Å². The molecule has 2 heterocycles. The molecule has 0 aliphatic carbocycles. The van der Waals surface area contributed by atoms with E-state index in [2.05, 4.69) is 9.71 Å². The number of sulfonamides is 1. The number of carbonyl (C=O) groups excluding carboxylic acids is 1. The Hall–Kier alpha value is -3.46. The minimum Gasteiger partial charge on any atom is -0.496 e. The van der Waals surface area contributed by atoms with Gasteiger partial charge in [0.25, 0.3) is 15.9 Å². The molecule has 0 saturated carbocycles. The maximum absolute atomic E-state index is 14.0. The number of rotatable bonds is 6. The number of nitrogens with zero attached hydrogens (tertiary/aromatic N) is 1. The summed E-state index contributed by atoms with van der Waals surface area (Å²) in [5, 5.41) is 0.590. The molecule has 0 spiro atoms. The maximum Gasteiger partial charge on any atom is 0.270 e. The quantitative estimate of drug-likeness (QED) is 0.344. The molecular formula is C28H25ClN2O5S. The van der Waals surface area contributed by atoms with Crippen LogP contribution in [0.3, 0.4) is 0 Å². The van der Waals surface area contributed by atoms with E-state index in [4.69, 9.17) is 21.1 Å². The van der Waals surface area contributed by atoms with E-state index in [9.17, 15) is 13.2 Å². The van der Waals surface area contributed by atoms with E-state index >= 15 is 0 Å². The molecule has 1 saturated heterocycles. The van der Waals surface area contributed by atoms with Gasteiger partial charge in [-0.05, 0) is 55.3 Å². The third-order valence-corrected chi connectivity index (χ3v) is 8.27. The van der Waals surface area contributed by atoms with E-state index < -0.39 is 21.5 Å². The average molecular weight is 537 g/mol. The summed E-state index contributed by atoms with van der Waals surface area (Å²) in [6, 6.07) is 22.9. The fourth-order valence-electron chi connectivity index (χ4n) is 4.85. The van der Waals surface area contributed by atoms with Crippen molar-refractivity contribution in [2.45, 2.75) is 29.8 Å². The van der Waals surface area contributed by atoms with E-state index in [-0.39, 0.29) is 29.0 Å². The van der Waals surface area contributed by atoms with E-state index in [0.717, 1.165) is 11.1 Å². The van der Waals surface area contributed by atoms with E-state index in [1.807, 2.05) is 49.4 Å². The second kappa shape index (κ2) is 9.78. The Bertz CT molecular complexity index is 1590. The van der Waals surface area contributed by atoms with Crippen LogP contribution in [-0.4, -0.2) is 33.0 Å². The lowest BCUT2D eigenvalue weighted by molar-refractivity contribution is -0.140. The fourth-order valence-corrected chi connectivity index (χ4v) is 6.24. The number of benzene rings is 3. The summed E-state index contributed by atoms with van der Waals surface area (Å²) in [7, 11) is -2.79. The summed E-state index contributed by atoms with van der Waals surface area (Å²) in [4.78, 5) is 18.1. The van der Waals surface area contributed by atoms with Crippen molar-refractivity contribution in [1.29, 1.82) is 0 Å². The Kier molecular flexibility index (Phi) is 6.66. The van der Waals surface area contributed by atoms with E-state index in [0.29, 0.717) is 22.2 Å². The van der Waals surface area contributed by atoms with Crippen molar-refractivity contribution in [2.24, 2.45) is 0 Å². The molecule has 1 aromatic heterocycles. The molecule has 1 amide bonds. The molecule has 0 bridgehead atoms. The third-order valence-electron chi connectivity index (χ3n) is 6.67. The van der Waals surface area contributed by atoms with Gasteiger partial charge in [-0.1, -0.05) is 59.6 Å². The van der Waals surface area contributed by atoms with Crippen LogP contribution in [0.2, 0.25) is 5.15 Å². The van der Waals surface area contributed by atoms with E-state index in [1.54, 1.807) is 24.3 Å². The zero-order chi connectivity index (χ0) is 26.2. The number of fused-ring (bicyclic) bond motifs is 1. The molecular weight excluding hydrogens is 512 g/mol. The normalized spacial score (nSPS) is 19.6. The number of amides is 1. The lowest BCUT2D eigenvalue weighted by Gasteiger charge is -2.29. The number of halogens is 1. The van der Waals surface area contributed by atoms with E-state index in [1.165, 1.54) is 19.2 Å². The van der Waals surface area contributed by atoms with Gasteiger partial charge < -0.3 is 9.47 Å². The first-order valence-electron chi connectivity index (χ1n) is 11.7. The zero-order valence-corrected chi connectivity index (χ0v) is 21.8. The van der Waals surface area contributed by atoms with Crippen LogP contribution in [0.5, 0.6) is 5.75 Å². The highest BCUT2D eigenvalue weighted by molar-refractivity contribution is 7.90. The number of pyridine rings is 1. The molecule has 2 atom stereocenters. The monoisotopic (exact) mass is 536 g/mol. The van der Waals surface area contributed by atoms with Crippen molar-refractivity contribution in [2.75, 3.05) is 13.7 Å². The van der Waals surface area contributed by atoms with Crippen LogP contribution in [0.1, 0.15) is 29.0 Å². The molecule has 1 N–H and O–H groups in total. The number of hydrogen-bond donors (Lipinski definition) is 1. The van der Waals surface area contributed by atoms with Gasteiger partial charge in [0.1, 0.15) is 10.9 Å². The zero-order valence-electron chi connectivity index (χ0n) is 20.3. The Labute approximate surface area is 220 Å².